The highest BCUT2D eigenvalue weighted by Gasteiger charge is 2.15. The molecule has 0 aliphatic rings. The minimum Gasteiger partial charge on any atom is -0.497 e. The Morgan fingerprint density at radius 3 is 2.45 bits per heavy atom. The third-order valence-corrected chi connectivity index (χ3v) is 4.97. The summed E-state index contributed by atoms with van der Waals surface area (Å²) in [7, 11) is 1.60. The lowest BCUT2D eigenvalue weighted by Crippen LogP contribution is -2.15. The molecule has 0 radical (unpaired) electrons. The van der Waals surface area contributed by atoms with Crippen molar-refractivity contribution in [2.45, 2.75) is 0 Å². The number of carboxylic acids is 1. The molecule has 4 rings (SSSR count). The molecule has 7 heteroatoms. The first-order chi connectivity index (χ1) is 16.0. The normalized spacial score (nSPS) is 10.8. The van der Waals surface area contributed by atoms with Gasteiger partial charge in [0.1, 0.15) is 5.75 Å². The number of rotatable bonds is 7. The lowest BCUT2D eigenvalue weighted by molar-refractivity contribution is 0.0698. The number of hydrogen-bond acceptors (Lipinski definition) is 4. The number of carboxylic acid groups (broad SMARTS) is 1. The molecule has 0 bridgehead atoms. The van der Waals surface area contributed by atoms with Crippen molar-refractivity contribution in [1.82, 2.24) is 9.55 Å². The van der Waals surface area contributed by atoms with Crippen LogP contribution in [0.25, 0.3) is 17.8 Å². The van der Waals surface area contributed by atoms with Gasteiger partial charge in [0.2, 0.25) is 0 Å². The number of carbonyl (C=O) groups is 2. The van der Waals surface area contributed by atoms with Crippen LogP contribution in [0.5, 0.6) is 5.75 Å². The minimum atomic E-state index is -1.13. The van der Waals surface area contributed by atoms with Gasteiger partial charge in [0.05, 0.1) is 35.8 Å². The topological polar surface area (TPSA) is 93.4 Å². The summed E-state index contributed by atoms with van der Waals surface area (Å²) in [5.74, 6) is -0.845. The fraction of sp³-hybridized carbons (Fsp3) is 0.0385. The van der Waals surface area contributed by atoms with Gasteiger partial charge in [-0.05, 0) is 53.6 Å². The fourth-order valence-corrected chi connectivity index (χ4v) is 3.29. The summed E-state index contributed by atoms with van der Waals surface area (Å²) in [6.07, 6.45) is 10.5. The Morgan fingerprint density at radius 1 is 0.970 bits per heavy atom. The van der Waals surface area contributed by atoms with Crippen molar-refractivity contribution < 1.29 is 19.4 Å². The number of aromatic nitrogens is 2. The van der Waals surface area contributed by atoms with Gasteiger partial charge in [0, 0.05) is 18.6 Å². The molecule has 0 spiro atoms. The molecule has 2 N–H and O–H groups in total. The van der Waals surface area contributed by atoms with Crippen molar-refractivity contribution in [3.8, 4) is 11.4 Å². The lowest BCUT2D eigenvalue weighted by Gasteiger charge is -2.11. The molecule has 2 heterocycles. The van der Waals surface area contributed by atoms with Crippen LogP contribution in [0.15, 0.2) is 85.5 Å². The van der Waals surface area contributed by atoms with Crippen LogP contribution >= 0.6 is 0 Å². The Hall–Kier alpha value is -4.65. The van der Waals surface area contributed by atoms with E-state index >= 15 is 0 Å². The Morgan fingerprint density at radius 2 is 1.73 bits per heavy atom. The largest absolute Gasteiger partial charge is 0.497 e. The van der Waals surface area contributed by atoms with Crippen molar-refractivity contribution >= 4 is 29.7 Å². The molecule has 0 fully saturated rings. The van der Waals surface area contributed by atoms with E-state index in [2.05, 4.69) is 10.3 Å². The summed E-state index contributed by atoms with van der Waals surface area (Å²) in [6, 6.07) is 17.8. The highest BCUT2D eigenvalue weighted by Crippen LogP contribution is 2.22. The maximum Gasteiger partial charge on any atom is 0.337 e. The van der Waals surface area contributed by atoms with E-state index in [9.17, 15) is 14.7 Å². The number of aromatic carboxylic acids is 1. The van der Waals surface area contributed by atoms with E-state index in [1.807, 2.05) is 65.5 Å². The number of hydrogen-bond donors (Lipinski definition) is 2. The van der Waals surface area contributed by atoms with E-state index in [1.165, 1.54) is 12.3 Å². The summed E-state index contributed by atoms with van der Waals surface area (Å²) in [6.45, 7) is 0. The van der Waals surface area contributed by atoms with Crippen molar-refractivity contribution in [2.75, 3.05) is 12.4 Å². The van der Waals surface area contributed by atoms with Crippen LogP contribution < -0.4 is 10.1 Å². The van der Waals surface area contributed by atoms with Gasteiger partial charge in [-0.1, -0.05) is 30.4 Å². The number of pyridine rings is 1. The summed E-state index contributed by atoms with van der Waals surface area (Å²) in [5, 5.41) is 12.3. The van der Waals surface area contributed by atoms with Crippen LogP contribution in [0.3, 0.4) is 0 Å². The van der Waals surface area contributed by atoms with Gasteiger partial charge in [0.15, 0.2) is 0 Å². The van der Waals surface area contributed by atoms with Crippen LogP contribution in [0.2, 0.25) is 0 Å². The molecule has 33 heavy (non-hydrogen) atoms. The van der Waals surface area contributed by atoms with Gasteiger partial charge >= 0.3 is 5.97 Å². The first-order valence-corrected chi connectivity index (χ1v) is 10.1. The first-order valence-electron chi connectivity index (χ1n) is 10.1. The molecule has 164 valence electrons. The predicted molar refractivity (Wildman–Crippen MR) is 127 cm³/mol. The maximum absolute atomic E-state index is 12.9. The third kappa shape index (κ3) is 5.16. The number of amides is 1. The van der Waals surface area contributed by atoms with Crippen molar-refractivity contribution in [2.24, 2.45) is 0 Å². The van der Waals surface area contributed by atoms with E-state index in [4.69, 9.17) is 4.74 Å². The van der Waals surface area contributed by atoms with Crippen molar-refractivity contribution in [1.29, 1.82) is 0 Å². The Labute approximate surface area is 190 Å². The van der Waals surface area contributed by atoms with Crippen molar-refractivity contribution in [3.63, 3.8) is 0 Å². The number of nitrogens with zero attached hydrogens (tertiary/aromatic N) is 2. The van der Waals surface area contributed by atoms with Crippen molar-refractivity contribution in [3.05, 3.63) is 108 Å². The standard InChI is InChI=1S/C26H21N3O4/c1-33-22-6-4-5-18(13-22)7-8-19-9-10-23(26(31)32)24(14-19)28-25(30)20-15-21(17-27-16-20)29-11-2-3-12-29/h2-17H,1H3,(H,28,30)(H,31,32). The molecule has 0 aliphatic heterocycles. The molecule has 1 amide bonds. The average molecular weight is 439 g/mol. The van der Waals surface area contributed by atoms with Gasteiger partial charge in [-0.3, -0.25) is 9.78 Å². The number of ether oxygens (including phenoxy) is 1. The number of nitrogens with one attached hydrogen (secondary N) is 1. The molecule has 0 unspecified atom stereocenters. The lowest BCUT2D eigenvalue weighted by atomic mass is 10.1. The quantitative estimate of drug-likeness (QED) is 0.395. The third-order valence-electron chi connectivity index (χ3n) is 4.97. The van der Waals surface area contributed by atoms with E-state index in [0.717, 1.165) is 22.6 Å². The second-order valence-corrected chi connectivity index (χ2v) is 7.20. The predicted octanol–water partition coefficient (Wildman–Crippen LogP) is 5.00. The second kappa shape index (κ2) is 9.65. The Bertz CT molecular complexity index is 1330. The molecule has 2 aromatic carbocycles. The zero-order valence-corrected chi connectivity index (χ0v) is 17.8. The number of carbonyl (C=O) groups excluding carboxylic acids is 1. The van der Waals surface area contributed by atoms with Crippen LogP contribution in [-0.2, 0) is 0 Å². The van der Waals surface area contributed by atoms with Crippen LogP contribution in [-0.4, -0.2) is 33.6 Å². The number of methoxy groups -OCH3 is 1. The van der Waals surface area contributed by atoms with Gasteiger partial charge < -0.3 is 19.7 Å². The molecule has 7 nitrogen and oxygen atoms in total. The maximum atomic E-state index is 12.9. The molecule has 4 aromatic rings. The van der Waals surface area contributed by atoms with Crippen LogP contribution in [0.4, 0.5) is 5.69 Å². The molecule has 0 saturated heterocycles. The zero-order chi connectivity index (χ0) is 23.2. The van der Waals surface area contributed by atoms with Gasteiger partial charge in [0.25, 0.3) is 5.91 Å². The van der Waals surface area contributed by atoms with Gasteiger partial charge in [-0.25, -0.2) is 4.79 Å². The zero-order valence-electron chi connectivity index (χ0n) is 17.8. The van der Waals surface area contributed by atoms with E-state index in [1.54, 1.807) is 31.5 Å². The summed E-state index contributed by atoms with van der Waals surface area (Å²) in [5.41, 5.74) is 2.89. The van der Waals surface area contributed by atoms with E-state index < -0.39 is 11.9 Å². The Balaban J connectivity index is 1.60. The Kier molecular flexibility index (Phi) is 6.31. The molecular weight excluding hydrogens is 418 g/mol. The minimum absolute atomic E-state index is 0.00333. The number of benzene rings is 2. The van der Waals surface area contributed by atoms with Crippen LogP contribution in [0, 0.1) is 0 Å². The monoisotopic (exact) mass is 439 g/mol. The number of anilines is 1. The summed E-state index contributed by atoms with van der Waals surface area (Å²) < 4.78 is 7.06. The van der Waals surface area contributed by atoms with E-state index in [0.29, 0.717) is 5.56 Å². The molecule has 0 aliphatic carbocycles. The smallest absolute Gasteiger partial charge is 0.337 e. The van der Waals surface area contributed by atoms with Crippen LogP contribution in [0.1, 0.15) is 31.8 Å². The summed E-state index contributed by atoms with van der Waals surface area (Å²) >= 11 is 0. The highest BCUT2D eigenvalue weighted by molar-refractivity contribution is 6.08. The molecule has 0 atom stereocenters. The van der Waals surface area contributed by atoms with Gasteiger partial charge in [-0.15, -0.1) is 0 Å². The SMILES string of the molecule is COc1cccc(C=Cc2ccc(C(=O)O)c(NC(=O)c3cncc(-n4cccc4)c3)c2)c1. The molecule has 2 aromatic heterocycles. The molecular formula is C26H21N3O4. The highest BCUT2D eigenvalue weighted by atomic mass is 16.5. The second-order valence-electron chi connectivity index (χ2n) is 7.20. The van der Waals surface area contributed by atoms with E-state index in [-0.39, 0.29) is 11.3 Å². The average Bonchev–Trinajstić information content (AvgIpc) is 3.38. The molecule has 0 saturated carbocycles. The van der Waals surface area contributed by atoms with Gasteiger partial charge in [-0.2, -0.15) is 0 Å². The summed E-state index contributed by atoms with van der Waals surface area (Å²) in [4.78, 5) is 28.7. The first kappa shape index (κ1) is 21.6. The fourth-order valence-electron chi connectivity index (χ4n) is 3.29.